The Kier molecular flexibility index (Phi) is 5.23. The van der Waals surface area contributed by atoms with Crippen molar-refractivity contribution in [3.05, 3.63) is 29.8 Å². The summed E-state index contributed by atoms with van der Waals surface area (Å²) < 4.78 is 0. The van der Waals surface area contributed by atoms with Crippen LogP contribution in [-0.2, 0) is 6.42 Å². The summed E-state index contributed by atoms with van der Waals surface area (Å²) in [6, 6.07) is 7.97. The van der Waals surface area contributed by atoms with E-state index < -0.39 is 0 Å². The Labute approximate surface area is 93.7 Å². The third-order valence-electron chi connectivity index (χ3n) is 3.07. The Morgan fingerprint density at radius 2 is 1.93 bits per heavy atom. The van der Waals surface area contributed by atoms with Crippen LogP contribution in [0.25, 0.3) is 0 Å². The molecule has 0 heterocycles. The molecule has 0 aliphatic carbocycles. The highest BCUT2D eigenvalue weighted by atomic mass is 14.6. The van der Waals surface area contributed by atoms with E-state index in [9.17, 15) is 0 Å². The van der Waals surface area contributed by atoms with Gasteiger partial charge in [-0.1, -0.05) is 57.7 Å². The average Bonchev–Trinajstić information content (AvgIpc) is 2.26. The number of hydrogen-bond donors (Lipinski definition) is 0. The minimum absolute atomic E-state index is 0.701. The smallest absolute Gasteiger partial charge is 0.0571 e. The molecule has 1 unspecified atom stereocenters. The third-order valence-corrected chi connectivity index (χ3v) is 3.07. The molecule has 0 saturated carbocycles. The molecule has 0 spiro atoms. The summed E-state index contributed by atoms with van der Waals surface area (Å²) in [7, 11) is 0. The summed E-state index contributed by atoms with van der Waals surface area (Å²) in [5, 5.41) is 0. The molecule has 1 N–H and O–H groups in total. The molecule has 1 nitrogen and oxygen atoms in total. The highest BCUT2D eigenvalue weighted by Crippen LogP contribution is 2.22. The van der Waals surface area contributed by atoms with Gasteiger partial charge in [0.15, 0.2) is 0 Å². The monoisotopic (exact) mass is 204 g/mol. The summed E-state index contributed by atoms with van der Waals surface area (Å²) in [6.07, 6.45) is 6.21. The maximum absolute atomic E-state index is 7.82. The Balaban J connectivity index is 2.54. The molecular formula is C14H22N. The van der Waals surface area contributed by atoms with Crippen LogP contribution in [0.4, 0.5) is 5.69 Å². The van der Waals surface area contributed by atoms with Gasteiger partial charge in [0.05, 0.1) is 5.69 Å². The lowest BCUT2D eigenvalue weighted by Gasteiger charge is -2.15. The van der Waals surface area contributed by atoms with Crippen LogP contribution in [-0.4, -0.2) is 0 Å². The summed E-state index contributed by atoms with van der Waals surface area (Å²) in [4.78, 5) is 0. The van der Waals surface area contributed by atoms with E-state index in [4.69, 9.17) is 5.73 Å². The molecule has 0 bridgehead atoms. The Morgan fingerprint density at radius 1 is 1.20 bits per heavy atom. The fraction of sp³-hybridized carbons (Fsp3) is 0.571. The van der Waals surface area contributed by atoms with E-state index >= 15 is 0 Å². The van der Waals surface area contributed by atoms with Crippen LogP contribution in [0, 0.1) is 5.92 Å². The fourth-order valence-electron chi connectivity index (χ4n) is 1.95. The van der Waals surface area contributed by atoms with Crippen LogP contribution < -0.4 is 5.73 Å². The SMILES string of the molecule is CCCCC(CC)Cc1ccccc1[NH]. The normalized spacial score (nSPS) is 12.7. The minimum Gasteiger partial charge on any atom is -0.301 e. The van der Waals surface area contributed by atoms with Crippen LogP contribution in [0.2, 0.25) is 0 Å². The van der Waals surface area contributed by atoms with Crippen molar-refractivity contribution in [2.75, 3.05) is 0 Å². The molecule has 1 aromatic rings. The number of unbranched alkanes of at least 4 members (excludes halogenated alkanes) is 1. The number of benzene rings is 1. The standard InChI is InChI=1S/C14H22N/c1-3-5-8-12(4-2)11-13-9-6-7-10-14(13)15/h6-7,9-10,12,15H,3-5,8,11H2,1-2H3. The number of hydrogen-bond acceptors (Lipinski definition) is 0. The van der Waals surface area contributed by atoms with Gasteiger partial charge in [-0.2, -0.15) is 0 Å². The lowest BCUT2D eigenvalue weighted by molar-refractivity contribution is 0.449. The first-order chi connectivity index (χ1) is 7.27. The quantitative estimate of drug-likeness (QED) is 0.657. The number of nitrogens with one attached hydrogen (secondary N) is 1. The lowest BCUT2D eigenvalue weighted by atomic mass is 9.91. The van der Waals surface area contributed by atoms with Gasteiger partial charge in [0.25, 0.3) is 0 Å². The maximum Gasteiger partial charge on any atom is 0.0571 e. The van der Waals surface area contributed by atoms with E-state index in [2.05, 4.69) is 19.9 Å². The minimum atomic E-state index is 0.701. The predicted molar refractivity (Wildman–Crippen MR) is 66.2 cm³/mol. The first-order valence-electron chi connectivity index (χ1n) is 6.07. The van der Waals surface area contributed by atoms with Crippen LogP contribution in [0.3, 0.4) is 0 Å². The summed E-state index contributed by atoms with van der Waals surface area (Å²) >= 11 is 0. The highest BCUT2D eigenvalue weighted by molar-refractivity contribution is 5.43. The van der Waals surface area contributed by atoms with Gasteiger partial charge in [0.1, 0.15) is 0 Å². The molecule has 0 aliphatic rings. The molecule has 0 fully saturated rings. The van der Waals surface area contributed by atoms with E-state index in [1.54, 1.807) is 0 Å². The summed E-state index contributed by atoms with van der Waals surface area (Å²) in [6.45, 7) is 4.50. The molecule has 1 aromatic carbocycles. The van der Waals surface area contributed by atoms with E-state index in [-0.39, 0.29) is 0 Å². The Hall–Kier alpha value is -0.980. The molecule has 83 valence electrons. The first-order valence-corrected chi connectivity index (χ1v) is 6.07. The van der Waals surface area contributed by atoms with Gasteiger partial charge in [-0.05, 0) is 24.0 Å². The van der Waals surface area contributed by atoms with E-state index in [1.807, 2.05) is 18.2 Å². The molecule has 0 aliphatic heterocycles. The first kappa shape index (κ1) is 12.1. The zero-order chi connectivity index (χ0) is 11.1. The second kappa shape index (κ2) is 6.49. The van der Waals surface area contributed by atoms with Gasteiger partial charge in [-0.3, -0.25) is 0 Å². The molecular weight excluding hydrogens is 182 g/mol. The molecule has 1 radical (unpaired) electrons. The second-order valence-electron chi connectivity index (χ2n) is 4.28. The van der Waals surface area contributed by atoms with Crippen molar-refractivity contribution in [1.82, 2.24) is 5.73 Å². The van der Waals surface area contributed by atoms with Crippen LogP contribution >= 0.6 is 0 Å². The zero-order valence-corrected chi connectivity index (χ0v) is 9.92. The molecule has 1 atom stereocenters. The van der Waals surface area contributed by atoms with E-state index in [0.717, 1.165) is 12.3 Å². The average molecular weight is 204 g/mol. The van der Waals surface area contributed by atoms with E-state index in [0.29, 0.717) is 5.69 Å². The molecule has 0 aromatic heterocycles. The Morgan fingerprint density at radius 3 is 2.53 bits per heavy atom. The van der Waals surface area contributed by atoms with Crippen LogP contribution in [0.15, 0.2) is 24.3 Å². The lowest BCUT2D eigenvalue weighted by Crippen LogP contribution is -2.03. The molecule has 0 saturated heterocycles. The maximum atomic E-state index is 7.82. The molecule has 1 rings (SSSR count). The zero-order valence-electron chi connectivity index (χ0n) is 9.92. The van der Waals surface area contributed by atoms with Gasteiger partial charge in [0, 0.05) is 0 Å². The second-order valence-corrected chi connectivity index (χ2v) is 4.28. The molecule has 1 heteroatoms. The predicted octanol–water partition coefficient (Wildman–Crippen LogP) is 4.36. The van der Waals surface area contributed by atoms with E-state index in [1.165, 1.54) is 31.2 Å². The van der Waals surface area contributed by atoms with Crippen molar-refractivity contribution in [3.63, 3.8) is 0 Å². The van der Waals surface area contributed by atoms with Gasteiger partial charge in [-0.15, -0.1) is 0 Å². The molecule has 0 amide bonds. The summed E-state index contributed by atoms with van der Waals surface area (Å²) in [5.74, 6) is 0.761. The van der Waals surface area contributed by atoms with Crippen molar-refractivity contribution < 1.29 is 0 Å². The number of rotatable bonds is 6. The van der Waals surface area contributed by atoms with Crippen molar-refractivity contribution in [2.24, 2.45) is 5.92 Å². The van der Waals surface area contributed by atoms with Crippen molar-refractivity contribution in [3.8, 4) is 0 Å². The van der Waals surface area contributed by atoms with Crippen molar-refractivity contribution in [2.45, 2.75) is 46.0 Å². The highest BCUT2D eigenvalue weighted by Gasteiger charge is 2.08. The topological polar surface area (TPSA) is 23.8 Å². The largest absolute Gasteiger partial charge is 0.301 e. The summed E-state index contributed by atoms with van der Waals surface area (Å²) in [5.41, 5.74) is 9.73. The van der Waals surface area contributed by atoms with Gasteiger partial charge in [-0.25, -0.2) is 0 Å². The van der Waals surface area contributed by atoms with Gasteiger partial charge >= 0.3 is 0 Å². The van der Waals surface area contributed by atoms with Gasteiger partial charge < -0.3 is 5.73 Å². The van der Waals surface area contributed by atoms with Crippen LogP contribution in [0.5, 0.6) is 0 Å². The van der Waals surface area contributed by atoms with Gasteiger partial charge in [0.2, 0.25) is 0 Å². The fourth-order valence-corrected chi connectivity index (χ4v) is 1.95. The van der Waals surface area contributed by atoms with Crippen molar-refractivity contribution in [1.29, 1.82) is 0 Å². The van der Waals surface area contributed by atoms with Crippen molar-refractivity contribution >= 4 is 5.69 Å². The molecule has 15 heavy (non-hydrogen) atoms. The Bertz CT molecular complexity index is 280. The van der Waals surface area contributed by atoms with Crippen LogP contribution in [0.1, 0.15) is 45.1 Å². The third kappa shape index (κ3) is 3.94.